The molecule has 0 fully saturated rings. The van der Waals surface area contributed by atoms with Crippen LogP contribution in [0.4, 0.5) is 42.9 Å². The molecule has 0 spiro atoms. The van der Waals surface area contributed by atoms with Crippen LogP contribution >= 0.6 is 0 Å². The summed E-state index contributed by atoms with van der Waals surface area (Å²) in [7, 11) is 0. The van der Waals surface area contributed by atoms with Gasteiger partial charge >= 0.3 is 0 Å². The monoisotopic (exact) mass is 1070 g/mol. The number of fused-ring (bicyclic) bond motifs is 8. The van der Waals surface area contributed by atoms with Crippen LogP contribution in [0.15, 0.2) is 266 Å². The van der Waals surface area contributed by atoms with Crippen molar-refractivity contribution in [2.24, 2.45) is 0 Å². The first-order chi connectivity index (χ1) is 40.1. The van der Waals surface area contributed by atoms with Gasteiger partial charge in [-0.25, -0.2) is 8.78 Å². The smallest absolute Gasteiger partial charge is 0.145 e. The van der Waals surface area contributed by atoms with Crippen molar-refractivity contribution < 1.29 is 13.2 Å². The lowest BCUT2D eigenvalue weighted by molar-refractivity contribution is 0.631. The number of hydrogen-bond acceptors (Lipinski definition) is 4. The second kappa shape index (κ2) is 20.3. The summed E-state index contributed by atoms with van der Waals surface area (Å²) < 4.78 is 41.4. The molecule has 2 heterocycles. The van der Waals surface area contributed by atoms with Crippen LogP contribution in [0, 0.1) is 11.6 Å². The van der Waals surface area contributed by atoms with Crippen molar-refractivity contribution in [2.45, 2.75) is 44.9 Å². The highest BCUT2D eigenvalue weighted by Crippen LogP contribution is 2.62. The molecule has 14 rings (SSSR count). The van der Waals surface area contributed by atoms with E-state index < -0.39 is 5.41 Å². The van der Waals surface area contributed by atoms with E-state index in [4.69, 9.17) is 4.42 Å². The van der Waals surface area contributed by atoms with Crippen molar-refractivity contribution in [2.75, 3.05) is 9.80 Å². The third-order valence-electron chi connectivity index (χ3n) is 16.7. The maximum Gasteiger partial charge on any atom is 0.145 e. The molecule has 2 aromatic heterocycles. The van der Waals surface area contributed by atoms with Crippen LogP contribution in [-0.4, -0.2) is 4.98 Å². The Morgan fingerprint density at radius 2 is 0.951 bits per heavy atom. The topological polar surface area (TPSA) is 32.5 Å². The molecule has 0 bridgehead atoms. The molecule has 0 saturated carbocycles. The molecule has 0 N–H and O–H groups in total. The summed E-state index contributed by atoms with van der Waals surface area (Å²) in [5, 5.41) is 3.90. The summed E-state index contributed by atoms with van der Waals surface area (Å²) in [6, 6.07) is 84.6. The molecule has 13 aromatic rings. The Morgan fingerprint density at radius 1 is 0.427 bits per heavy atom. The fourth-order valence-electron chi connectivity index (χ4n) is 12.6. The molecular weight excluding hydrogens is 1010 g/mol. The van der Waals surface area contributed by atoms with Crippen LogP contribution in [0.3, 0.4) is 0 Å². The number of benzene rings is 11. The van der Waals surface area contributed by atoms with Crippen LogP contribution in [-0.2, 0) is 5.41 Å². The largest absolute Gasteiger partial charge is 0.455 e. The zero-order chi connectivity index (χ0) is 55.6. The number of aromatic nitrogens is 1. The quantitative estimate of drug-likeness (QED) is 0.122. The lowest BCUT2D eigenvalue weighted by Crippen LogP contribution is -2.29. The minimum Gasteiger partial charge on any atom is -0.455 e. The summed E-state index contributed by atoms with van der Waals surface area (Å²) in [5.74, 6) is -0.0366. The van der Waals surface area contributed by atoms with Gasteiger partial charge in [0, 0.05) is 68.3 Å². The molecule has 11 aromatic carbocycles. The Bertz CT molecular complexity index is 4540. The minimum atomic E-state index is -1.01. The molecule has 0 saturated heterocycles. The van der Waals surface area contributed by atoms with Crippen molar-refractivity contribution in [1.82, 2.24) is 4.98 Å². The molecule has 82 heavy (non-hydrogen) atoms. The van der Waals surface area contributed by atoms with Gasteiger partial charge in [-0.15, -0.1) is 0 Å². The summed E-state index contributed by atoms with van der Waals surface area (Å²) in [5.41, 5.74) is 16.3. The van der Waals surface area contributed by atoms with Gasteiger partial charge in [0.1, 0.15) is 22.8 Å². The van der Waals surface area contributed by atoms with Crippen molar-refractivity contribution >= 4 is 66.8 Å². The zero-order valence-corrected chi connectivity index (χ0v) is 46.0. The number of rotatable bonds is 12. The minimum absolute atomic E-state index is 0.296. The van der Waals surface area contributed by atoms with E-state index in [0.717, 1.165) is 94.4 Å². The zero-order valence-electron chi connectivity index (χ0n) is 46.0. The average Bonchev–Trinajstić information content (AvgIpc) is 1.84. The first-order valence-electron chi connectivity index (χ1n) is 28.2. The van der Waals surface area contributed by atoms with Gasteiger partial charge in [-0.1, -0.05) is 179 Å². The number of hydrogen-bond donors (Lipinski definition) is 0. The van der Waals surface area contributed by atoms with Crippen LogP contribution in [0.2, 0.25) is 0 Å². The highest BCUT2D eigenvalue weighted by Gasteiger charge is 2.49. The van der Waals surface area contributed by atoms with Gasteiger partial charge in [0.05, 0.1) is 16.5 Å². The number of para-hydroxylation sites is 1. The molecule has 1 aliphatic rings. The fraction of sp³-hybridized carbons (Fsp3) is 0.0921. The molecule has 1 unspecified atom stereocenters. The number of anilines is 6. The molecule has 1 atom stereocenters. The lowest BCUT2D eigenvalue weighted by atomic mass is 9.67. The number of nitrogens with zero attached hydrogens (tertiary/aromatic N) is 3. The van der Waals surface area contributed by atoms with Crippen LogP contribution in [0.5, 0.6) is 0 Å². The molecule has 1 aliphatic carbocycles. The first-order valence-corrected chi connectivity index (χ1v) is 28.2. The van der Waals surface area contributed by atoms with E-state index in [1.807, 2.05) is 116 Å². The molecule has 0 aliphatic heterocycles. The maximum atomic E-state index is 17.1. The van der Waals surface area contributed by atoms with Gasteiger partial charge in [0.25, 0.3) is 0 Å². The molecule has 0 radical (unpaired) electrons. The van der Waals surface area contributed by atoms with Crippen LogP contribution in [0.1, 0.15) is 72.9 Å². The van der Waals surface area contributed by atoms with Crippen molar-refractivity contribution in [1.29, 1.82) is 0 Å². The Morgan fingerprint density at radius 3 is 1.55 bits per heavy atom. The molecule has 4 nitrogen and oxygen atoms in total. The Balaban J connectivity index is 1.09. The highest BCUT2D eigenvalue weighted by atomic mass is 19.1. The maximum absolute atomic E-state index is 17.1. The highest BCUT2D eigenvalue weighted by molar-refractivity contribution is 6.19. The lowest BCUT2D eigenvalue weighted by Gasteiger charge is -2.36. The van der Waals surface area contributed by atoms with Gasteiger partial charge in [-0.2, -0.15) is 0 Å². The van der Waals surface area contributed by atoms with E-state index >= 15 is 8.78 Å². The molecular formula is C76H57F2N3O. The SMILES string of the molecule is CC(C)c1ccc(N(c2ccc(-c3ccccc3)c(F)c2)c2ccc3c(c2)C(c2ccccc2)(c2ccc4ccncc4c2)c2cc(N(c4ccc(C(C)C)cc4)c4ccc(-c5ccccc5)c(F)c4)c4c(oc5ccccc54)c2-3)cc1. The summed E-state index contributed by atoms with van der Waals surface area (Å²) >= 11 is 0. The van der Waals surface area contributed by atoms with Gasteiger partial charge < -0.3 is 14.2 Å². The first kappa shape index (κ1) is 50.3. The predicted octanol–water partition coefficient (Wildman–Crippen LogP) is 21.3. The molecule has 0 amide bonds. The van der Waals surface area contributed by atoms with E-state index in [2.05, 4.69) is 176 Å². The van der Waals surface area contributed by atoms with Crippen LogP contribution < -0.4 is 9.80 Å². The third-order valence-corrected chi connectivity index (χ3v) is 16.7. The van der Waals surface area contributed by atoms with E-state index in [9.17, 15) is 0 Å². The average molecular weight is 1070 g/mol. The van der Waals surface area contributed by atoms with Gasteiger partial charge in [0.2, 0.25) is 0 Å². The fourth-order valence-corrected chi connectivity index (χ4v) is 12.6. The van der Waals surface area contributed by atoms with Crippen molar-refractivity contribution in [3.8, 4) is 33.4 Å². The van der Waals surface area contributed by atoms with Crippen molar-refractivity contribution in [3.63, 3.8) is 0 Å². The second-order valence-electron chi connectivity index (χ2n) is 22.1. The summed E-state index contributed by atoms with van der Waals surface area (Å²) in [4.78, 5) is 9.02. The Hall–Kier alpha value is -9.91. The van der Waals surface area contributed by atoms with E-state index in [0.29, 0.717) is 39.9 Å². The van der Waals surface area contributed by atoms with Gasteiger partial charge in [-0.3, -0.25) is 4.98 Å². The second-order valence-corrected chi connectivity index (χ2v) is 22.1. The summed E-state index contributed by atoms with van der Waals surface area (Å²) in [6.07, 6.45) is 3.77. The van der Waals surface area contributed by atoms with E-state index in [1.54, 1.807) is 12.1 Å². The summed E-state index contributed by atoms with van der Waals surface area (Å²) in [6.45, 7) is 8.78. The Kier molecular flexibility index (Phi) is 12.5. The Labute approximate surface area is 476 Å². The number of furan rings is 1. The molecule has 396 valence electrons. The number of pyridine rings is 1. The van der Waals surface area contributed by atoms with Crippen LogP contribution in [0.25, 0.3) is 66.1 Å². The normalized spacial score (nSPS) is 13.8. The standard InChI is InChI=1S/C76H57F2N3O/c1-48(2)50-25-30-58(31-26-50)80(61-34-37-63(69(77)44-61)53-16-8-5-9-17-53)60-36-39-65-67(43-60)76(56-20-12-7-13-21-56,57-29-24-52-40-41-79-47-55(52)42-57)68-46-71(74-66-22-14-15-23-72(66)82-75(74)73(65)68)81(59-32-27-51(28-33-59)49(3)4)62-35-38-64(70(78)45-62)54-18-10-6-11-19-54/h5-49H,1-4H3. The molecule has 6 heteroatoms. The van der Waals surface area contributed by atoms with Gasteiger partial charge in [-0.05, 0) is 164 Å². The van der Waals surface area contributed by atoms with Gasteiger partial charge in [0.15, 0.2) is 0 Å². The van der Waals surface area contributed by atoms with E-state index in [1.165, 1.54) is 11.1 Å². The van der Waals surface area contributed by atoms with E-state index in [-0.39, 0.29) is 11.6 Å². The third kappa shape index (κ3) is 8.36. The van der Waals surface area contributed by atoms with Crippen molar-refractivity contribution in [3.05, 3.63) is 306 Å². The number of halogens is 2. The predicted molar refractivity (Wildman–Crippen MR) is 335 cm³/mol.